The first-order valence-corrected chi connectivity index (χ1v) is 11.7. The van der Waals surface area contributed by atoms with Crippen molar-refractivity contribution in [3.05, 3.63) is 84.4 Å². The van der Waals surface area contributed by atoms with Crippen LogP contribution >= 0.6 is 0 Å². The molecule has 2 aliphatic rings. The van der Waals surface area contributed by atoms with Crippen molar-refractivity contribution in [2.75, 3.05) is 0 Å². The molecular weight excluding hydrogens is 460 g/mol. The number of rotatable bonds is 7. The molecule has 1 atom stereocenters. The number of benzene rings is 2. The smallest absolute Gasteiger partial charge is 0.316 e. The predicted molar refractivity (Wildman–Crippen MR) is 133 cm³/mol. The van der Waals surface area contributed by atoms with Crippen LogP contribution in [-0.2, 0) is 19.9 Å². The zero-order valence-electron chi connectivity index (χ0n) is 20.3. The molecule has 4 rings (SSSR count). The molecule has 7 amide bonds. The number of amides is 7. The molecule has 9 heteroatoms. The Morgan fingerprint density at radius 3 is 1.64 bits per heavy atom. The number of carbonyl (C=O) groups is 5. The van der Waals surface area contributed by atoms with Crippen LogP contribution in [0, 0.1) is 11.3 Å². The maximum atomic E-state index is 12.3. The van der Waals surface area contributed by atoms with Gasteiger partial charge in [0.05, 0.1) is 0 Å². The molecule has 36 heavy (non-hydrogen) atoms. The number of nitrogens with one attached hydrogen (secondary N) is 4. The van der Waals surface area contributed by atoms with Crippen molar-refractivity contribution in [3.63, 3.8) is 0 Å². The Hall–Kier alpha value is -4.27. The van der Waals surface area contributed by atoms with Gasteiger partial charge in [0.15, 0.2) is 5.54 Å². The summed E-state index contributed by atoms with van der Waals surface area (Å²) in [7, 11) is 0. The van der Waals surface area contributed by atoms with E-state index >= 15 is 0 Å². The highest BCUT2D eigenvalue weighted by molar-refractivity contribution is 6.19. The average molecular weight is 491 g/mol. The molecule has 0 bridgehead atoms. The van der Waals surface area contributed by atoms with Crippen LogP contribution in [-0.4, -0.2) is 29.8 Å². The van der Waals surface area contributed by atoms with Crippen molar-refractivity contribution >= 4 is 29.8 Å². The molecule has 0 aromatic heterocycles. The van der Waals surface area contributed by atoms with Gasteiger partial charge in [-0.25, -0.2) is 9.59 Å². The Morgan fingerprint density at radius 1 is 0.778 bits per heavy atom. The first-order chi connectivity index (χ1) is 17.2. The quantitative estimate of drug-likeness (QED) is 0.269. The number of urea groups is 2. The molecule has 188 valence electrons. The lowest BCUT2D eigenvalue weighted by atomic mass is 9.69. The number of hydrogen-bond acceptors (Lipinski definition) is 5. The Kier molecular flexibility index (Phi) is 8.03. The third kappa shape index (κ3) is 4.77. The second-order valence-corrected chi connectivity index (χ2v) is 8.78. The SMILES string of the molecule is C=CCC1(C(C)CCC)C(=O)NC(=O)NC1=O.O=C1NC(=O)C(c2ccccc2)(c2ccccc2)N1. The normalized spacial score (nSPS) is 18.6. The Balaban J connectivity index is 0.000000202. The second-order valence-electron chi connectivity index (χ2n) is 8.78. The van der Waals surface area contributed by atoms with E-state index in [1.165, 1.54) is 0 Å². The van der Waals surface area contributed by atoms with E-state index in [4.69, 9.17) is 0 Å². The van der Waals surface area contributed by atoms with Crippen molar-refractivity contribution < 1.29 is 24.0 Å². The number of imide groups is 3. The van der Waals surface area contributed by atoms with Gasteiger partial charge in [0.2, 0.25) is 11.8 Å². The molecule has 0 radical (unpaired) electrons. The van der Waals surface area contributed by atoms with Gasteiger partial charge in [-0.2, -0.15) is 0 Å². The summed E-state index contributed by atoms with van der Waals surface area (Å²) in [6, 6.07) is 17.2. The van der Waals surface area contributed by atoms with Crippen LogP contribution < -0.4 is 21.3 Å². The van der Waals surface area contributed by atoms with Gasteiger partial charge in [-0.05, 0) is 29.9 Å². The van der Waals surface area contributed by atoms with Crippen LogP contribution in [0.2, 0.25) is 0 Å². The molecule has 1 unspecified atom stereocenters. The fraction of sp³-hybridized carbons (Fsp3) is 0.296. The number of barbiturate groups is 1. The highest BCUT2D eigenvalue weighted by Crippen LogP contribution is 2.37. The molecule has 4 N–H and O–H groups in total. The van der Waals surface area contributed by atoms with Gasteiger partial charge in [-0.1, -0.05) is 87.0 Å². The summed E-state index contributed by atoms with van der Waals surface area (Å²) in [5.41, 5.74) is -0.861. The van der Waals surface area contributed by atoms with Gasteiger partial charge in [0.1, 0.15) is 5.41 Å². The standard InChI is InChI=1S/C15H12N2O2.C12H18N2O3/c18-13-15(17-14(19)16-13,11-7-3-1-4-8-11)12-9-5-2-6-10-12;1-4-6-8(3)12(7-5-2)9(15)13-11(17)14-10(12)16/h1-10H,(H2,16,17,18,19);5,8H,2,4,6-7H2,1,3H3,(H2,13,14,15,16,17). The number of allylic oxidation sites excluding steroid dienone is 1. The van der Waals surface area contributed by atoms with Gasteiger partial charge in [0.25, 0.3) is 5.91 Å². The third-order valence-corrected chi connectivity index (χ3v) is 6.58. The van der Waals surface area contributed by atoms with E-state index in [1.54, 1.807) is 6.08 Å². The summed E-state index contributed by atoms with van der Waals surface area (Å²) in [4.78, 5) is 59.0. The molecule has 2 aromatic carbocycles. The minimum absolute atomic E-state index is 0.140. The van der Waals surface area contributed by atoms with E-state index in [0.29, 0.717) is 0 Å². The van der Waals surface area contributed by atoms with E-state index in [1.807, 2.05) is 74.5 Å². The van der Waals surface area contributed by atoms with E-state index < -0.39 is 34.8 Å². The first-order valence-electron chi connectivity index (χ1n) is 11.7. The molecule has 9 nitrogen and oxygen atoms in total. The van der Waals surface area contributed by atoms with Crippen molar-refractivity contribution in [1.29, 1.82) is 0 Å². The van der Waals surface area contributed by atoms with Gasteiger partial charge >= 0.3 is 12.1 Å². The lowest BCUT2D eigenvalue weighted by Gasteiger charge is -2.37. The Labute approximate surface area is 209 Å². The van der Waals surface area contributed by atoms with Crippen molar-refractivity contribution in [2.24, 2.45) is 11.3 Å². The fourth-order valence-corrected chi connectivity index (χ4v) is 4.71. The third-order valence-electron chi connectivity index (χ3n) is 6.58. The summed E-state index contributed by atoms with van der Waals surface area (Å²) in [5.74, 6) is -1.53. The lowest BCUT2D eigenvalue weighted by molar-refractivity contribution is -0.148. The van der Waals surface area contributed by atoms with Gasteiger partial charge in [-0.15, -0.1) is 6.58 Å². The maximum absolute atomic E-state index is 12.3. The number of hydrogen-bond donors (Lipinski definition) is 4. The van der Waals surface area contributed by atoms with Crippen molar-refractivity contribution in [3.8, 4) is 0 Å². The van der Waals surface area contributed by atoms with Gasteiger partial charge < -0.3 is 5.32 Å². The van der Waals surface area contributed by atoms with Gasteiger partial charge in [-0.3, -0.25) is 30.3 Å². The summed E-state index contributed by atoms with van der Waals surface area (Å²) >= 11 is 0. The molecule has 2 aromatic rings. The highest BCUT2D eigenvalue weighted by atomic mass is 16.2. The number of carbonyl (C=O) groups excluding carboxylic acids is 5. The molecular formula is C27H30N4O5. The lowest BCUT2D eigenvalue weighted by Crippen LogP contribution is -2.64. The highest BCUT2D eigenvalue weighted by Gasteiger charge is 2.52. The van der Waals surface area contributed by atoms with Crippen LogP contribution in [0.5, 0.6) is 0 Å². The predicted octanol–water partition coefficient (Wildman–Crippen LogP) is 3.12. The van der Waals surface area contributed by atoms with Crippen LogP contribution in [0.4, 0.5) is 9.59 Å². The average Bonchev–Trinajstić information content (AvgIpc) is 3.17. The maximum Gasteiger partial charge on any atom is 0.328 e. The topological polar surface area (TPSA) is 133 Å². The van der Waals surface area contributed by atoms with Crippen LogP contribution in [0.25, 0.3) is 0 Å². The molecule has 2 heterocycles. The summed E-state index contributed by atoms with van der Waals surface area (Å²) in [6.07, 6.45) is 3.39. The van der Waals surface area contributed by atoms with Crippen molar-refractivity contribution in [1.82, 2.24) is 21.3 Å². The van der Waals surface area contributed by atoms with E-state index in [-0.39, 0.29) is 18.2 Å². The van der Waals surface area contributed by atoms with Crippen LogP contribution in [0.1, 0.15) is 44.2 Å². The first kappa shape index (κ1) is 26.3. The van der Waals surface area contributed by atoms with Gasteiger partial charge in [0, 0.05) is 0 Å². The summed E-state index contributed by atoms with van der Waals surface area (Å²) in [6.45, 7) is 7.42. The van der Waals surface area contributed by atoms with E-state index in [0.717, 1.165) is 24.0 Å². The summed E-state index contributed by atoms with van der Waals surface area (Å²) < 4.78 is 0. The Morgan fingerprint density at radius 2 is 1.25 bits per heavy atom. The fourth-order valence-electron chi connectivity index (χ4n) is 4.71. The molecule has 2 saturated heterocycles. The zero-order chi connectivity index (χ0) is 26.3. The molecule has 2 fully saturated rings. The van der Waals surface area contributed by atoms with E-state index in [2.05, 4.69) is 27.8 Å². The molecule has 2 aliphatic heterocycles. The Bertz CT molecular complexity index is 1100. The second kappa shape index (κ2) is 11.0. The van der Waals surface area contributed by atoms with Crippen LogP contribution in [0.3, 0.4) is 0 Å². The largest absolute Gasteiger partial charge is 0.328 e. The minimum atomic E-state index is -1.20. The summed E-state index contributed by atoms with van der Waals surface area (Å²) in [5, 5.41) is 9.40. The molecule has 0 saturated carbocycles. The molecule has 0 aliphatic carbocycles. The van der Waals surface area contributed by atoms with Crippen LogP contribution in [0.15, 0.2) is 73.3 Å². The van der Waals surface area contributed by atoms with Crippen molar-refractivity contribution in [2.45, 2.75) is 38.6 Å². The molecule has 0 spiro atoms. The monoisotopic (exact) mass is 490 g/mol. The zero-order valence-corrected chi connectivity index (χ0v) is 20.3. The minimum Gasteiger partial charge on any atom is -0.316 e. The van der Waals surface area contributed by atoms with E-state index in [9.17, 15) is 24.0 Å².